The van der Waals surface area contributed by atoms with Crippen molar-refractivity contribution in [3.8, 4) is 11.5 Å². The van der Waals surface area contributed by atoms with Crippen LogP contribution < -0.4 is 14.8 Å². The number of rotatable bonds is 7. The Morgan fingerprint density at radius 1 is 1.13 bits per heavy atom. The molecule has 2 aromatic rings. The minimum Gasteiger partial charge on any atom is -0.497 e. The molecule has 170 valence electrons. The van der Waals surface area contributed by atoms with Gasteiger partial charge in [-0.05, 0) is 55.9 Å². The monoisotopic (exact) mass is 538 g/mol. The van der Waals surface area contributed by atoms with Crippen molar-refractivity contribution >= 4 is 29.9 Å². The van der Waals surface area contributed by atoms with Gasteiger partial charge in [0.15, 0.2) is 5.96 Å². The smallest absolute Gasteiger partial charge is 0.193 e. The second kappa shape index (κ2) is 12.1. The molecule has 1 heterocycles. The van der Waals surface area contributed by atoms with Crippen molar-refractivity contribution in [3.05, 3.63) is 59.7 Å². The zero-order valence-corrected chi connectivity index (χ0v) is 21.5. The fraction of sp³-hybridized carbons (Fsp3) is 0.458. The van der Waals surface area contributed by atoms with Gasteiger partial charge in [-0.1, -0.05) is 24.3 Å². The van der Waals surface area contributed by atoms with E-state index < -0.39 is 0 Å². The average Bonchev–Trinajstić information content (AvgIpc) is 3.26. The van der Waals surface area contributed by atoms with Gasteiger partial charge in [-0.15, -0.1) is 24.0 Å². The Hall–Kier alpha value is -2.00. The van der Waals surface area contributed by atoms with E-state index in [4.69, 9.17) is 9.47 Å². The summed E-state index contributed by atoms with van der Waals surface area (Å²) in [5.74, 6) is 3.25. The highest BCUT2D eigenvalue weighted by molar-refractivity contribution is 14.0. The molecule has 1 fully saturated rings. The molecule has 0 radical (unpaired) electrons. The average molecular weight is 538 g/mol. The maximum Gasteiger partial charge on any atom is 0.193 e. The highest BCUT2D eigenvalue weighted by Gasteiger charge is 2.26. The largest absolute Gasteiger partial charge is 0.497 e. The third-order valence-electron chi connectivity index (χ3n) is 5.84. The summed E-state index contributed by atoms with van der Waals surface area (Å²) >= 11 is 0. The van der Waals surface area contributed by atoms with Crippen LogP contribution in [0.15, 0.2) is 53.5 Å². The van der Waals surface area contributed by atoms with E-state index in [-0.39, 0.29) is 30.0 Å². The highest BCUT2D eigenvalue weighted by Crippen LogP contribution is 2.29. The molecular formula is C24H35IN4O2. The number of hydrogen-bond donors (Lipinski definition) is 1. The van der Waals surface area contributed by atoms with Gasteiger partial charge in [0.05, 0.1) is 20.3 Å². The number of nitrogens with one attached hydrogen (secondary N) is 1. The zero-order chi connectivity index (χ0) is 21.5. The fourth-order valence-corrected chi connectivity index (χ4v) is 4.07. The third-order valence-corrected chi connectivity index (χ3v) is 5.84. The molecule has 0 amide bonds. The molecule has 0 aromatic heterocycles. The summed E-state index contributed by atoms with van der Waals surface area (Å²) in [6, 6.07) is 16.9. The molecule has 1 N–H and O–H groups in total. The molecular weight excluding hydrogens is 503 g/mol. The van der Waals surface area contributed by atoms with Crippen LogP contribution in [0, 0.1) is 0 Å². The summed E-state index contributed by atoms with van der Waals surface area (Å²) < 4.78 is 10.7. The molecule has 0 saturated carbocycles. The van der Waals surface area contributed by atoms with Crippen molar-refractivity contribution in [2.45, 2.75) is 18.4 Å². The van der Waals surface area contributed by atoms with E-state index in [0.717, 1.165) is 43.5 Å². The number of hydrogen-bond acceptors (Lipinski definition) is 4. The van der Waals surface area contributed by atoms with Crippen LogP contribution >= 0.6 is 24.0 Å². The number of nitrogens with zero attached hydrogens (tertiary/aromatic N) is 3. The lowest BCUT2D eigenvalue weighted by molar-refractivity contribution is 0.294. The molecule has 0 aliphatic carbocycles. The SMILES string of the molecule is CN=C(NCC(c1cccc(OC)c1)N(C)C)N1CCC(c2ccc(OC)cc2)C1.I. The summed E-state index contributed by atoms with van der Waals surface area (Å²) in [4.78, 5) is 9.13. The Morgan fingerprint density at radius 3 is 2.45 bits per heavy atom. The minimum atomic E-state index is 0. The number of methoxy groups -OCH3 is 2. The molecule has 2 unspecified atom stereocenters. The van der Waals surface area contributed by atoms with Crippen LogP contribution in [0.5, 0.6) is 11.5 Å². The summed E-state index contributed by atoms with van der Waals surface area (Å²) in [5.41, 5.74) is 2.58. The van der Waals surface area contributed by atoms with Crippen LogP contribution in [0.25, 0.3) is 0 Å². The number of benzene rings is 2. The van der Waals surface area contributed by atoms with E-state index in [1.165, 1.54) is 11.1 Å². The Kier molecular flexibility index (Phi) is 9.90. The van der Waals surface area contributed by atoms with Crippen LogP contribution in [0.2, 0.25) is 0 Å². The van der Waals surface area contributed by atoms with E-state index in [0.29, 0.717) is 5.92 Å². The fourth-order valence-electron chi connectivity index (χ4n) is 4.07. The molecule has 31 heavy (non-hydrogen) atoms. The lowest BCUT2D eigenvalue weighted by atomic mass is 9.98. The van der Waals surface area contributed by atoms with E-state index in [9.17, 15) is 0 Å². The predicted octanol–water partition coefficient (Wildman–Crippen LogP) is 3.99. The second-order valence-electron chi connectivity index (χ2n) is 7.89. The van der Waals surface area contributed by atoms with Crippen LogP contribution in [0.1, 0.15) is 29.5 Å². The van der Waals surface area contributed by atoms with Crippen LogP contribution in [-0.4, -0.2) is 70.8 Å². The molecule has 1 aliphatic heterocycles. The molecule has 3 rings (SSSR count). The van der Waals surface area contributed by atoms with Crippen molar-refractivity contribution in [1.82, 2.24) is 15.1 Å². The first-order valence-electron chi connectivity index (χ1n) is 10.5. The van der Waals surface area contributed by atoms with Crippen molar-refractivity contribution in [1.29, 1.82) is 0 Å². The first-order valence-corrected chi connectivity index (χ1v) is 10.5. The Balaban J connectivity index is 0.00000341. The van der Waals surface area contributed by atoms with Gasteiger partial charge in [-0.2, -0.15) is 0 Å². The Morgan fingerprint density at radius 2 is 1.84 bits per heavy atom. The number of ether oxygens (including phenoxy) is 2. The van der Waals surface area contributed by atoms with Crippen molar-refractivity contribution in [3.63, 3.8) is 0 Å². The third kappa shape index (κ3) is 6.49. The second-order valence-corrected chi connectivity index (χ2v) is 7.89. The lowest BCUT2D eigenvalue weighted by Crippen LogP contribution is -2.43. The maximum absolute atomic E-state index is 5.40. The molecule has 0 spiro atoms. The predicted molar refractivity (Wildman–Crippen MR) is 138 cm³/mol. The standard InChI is InChI=1S/C24H34N4O2.HI/c1-25-24(26-16-23(27(2)3)19-7-6-8-22(15-19)30-5)28-14-13-20(17-28)18-9-11-21(29-4)12-10-18;/h6-12,15,20,23H,13-14,16-17H2,1-5H3,(H,25,26);1H. The van der Waals surface area contributed by atoms with Crippen LogP contribution in [0.4, 0.5) is 0 Å². The lowest BCUT2D eigenvalue weighted by Gasteiger charge is -2.28. The zero-order valence-electron chi connectivity index (χ0n) is 19.2. The number of likely N-dealkylation sites (N-methyl/N-ethyl adjacent to an activating group) is 1. The molecule has 7 heteroatoms. The first-order chi connectivity index (χ1) is 14.5. The molecule has 2 atom stereocenters. The van der Waals surface area contributed by atoms with Crippen molar-refractivity contribution in [2.75, 3.05) is 55.0 Å². The van der Waals surface area contributed by atoms with Gasteiger partial charge in [0, 0.05) is 32.6 Å². The Bertz CT molecular complexity index is 842. The molecule has 1 aliphatic rings. The van der Waals surface area contributed by atoms with E-state index in [2.05, 4.69) is 58.5 Å². The molecule has 6 nitrogen and oxygen atoms in total. The summed E-state index contributed by atoms with van der Waals surface area (Å²) in [5, 5.41) is 3.59. The van der Waals surface area contributed by atoms with Crippen molar-refractivity contribution in [2.24, 2.45) is 4.99 Å². The van der Waals surface area contributed by atoms with Gasteiger partial charge in [-0.3, -0.25) is 4.99 Å². The number of likely N-dealkylation sites (tertiary alicyclic amines) is 1. The molecule has 0 bridgehead atoms. The van der Waals surface area contributed by atoms with Gasteiger partial charge in [-0.25, -0.2) is 0 Å². The number of guanidine groups is 1. The van der Waals surface area contributed by atoms with Gasteiger partial charge < -0.3 is 24.6 Å². The highest BCUT2D eigenvalue weighted by atomic mass is 127. The van der Waals surface area contributed by atoms with Crippen molar-refractivity contribution < 1.29 is 9.47 Å². The van der Waals surface area contributed by atoms with E-state index in [1.807, 2.05) is 31.3 Å². The van der Waals surface area contributed by atoms with Crippen LogP contribution in [-0.2, 0) is 0 Å². The molecule has 2 aromatic carbocycles. The van der Waals surface area contributed by atoms with Gasteiger partial charge in [0.25, 0.3) is 0 Å². The van der Waals surface area contributed by atoms with Crippen LogP contribution in [0.3, 0.4) is 0 Å². The normalized spacial score (nSPS) is 17.3. The topological polar surface area (TPSA) is 49.3 Å². The summed E-state index contributed by atoms with van der Waals surface area (Å²) in [6.07, 6.45) is 1.13. The van der Waals surface area contributed by atoms with Gasteiger partial charge in [0.1, 0.15) is 11.5 Å². The van der Waals surface area contributed by atoms with Gasteiger partial charge in [0.2, 0.25) is 0 Å². The quantitative estimate of drug-likeness (QED) is 0.328. The van der Waals surface area contributed by atoms with E-state index in [1.54, 1.807) is 14.2 Å². The molecule has 1 saturated heterocycles. The van der Waals surface area contributed by atoms with Gasteiger partial charge >= 0.3 is 0 Å². The summed E-state index contributed by atoms with van der Waals surface area (Å²) in [7, 11) is 9.47. The first kappa shape index (κ1) is 25.3. The maximum atomic E-state index is 5.40. The summed E-state index contributed by atoms with van der Waals surface area (Å²) in [6.45, 7) is 2.75. The number of aliphatic imine (C=N–C) groups is 1. The minimum absolute atomic E-state index is 0. The number of halogens is 1. The Labute approximate surface area is 203 Å². The van der Waals surface area contributed by atoms with E-state index >= 15 is 0 Å².